The van der Waals surface area contributed by atoms with Crippen LogP contribution in [0.4, 0.5) is 5.69 Å². The van der Waals surface area contributed by atoms with E-state index in [1.807, 2.05) is 6.07 Å². The second kappa shape index (κ2) is 4.44. The first-order valence-corrected chi connectivity index (χ1v) is 6.27. The van der Waals surface area contributed by atoms with Crippen LogP contribution >= 0.6 is 11.6 Å². The van der Waals surface area contributed by atoms with Gasteiger partial charge in [0.15, 0.2) is 0 Å². The van der Waals surface area contributed by atoms with Crippen LogP contribution in [0.25, 0.3) is 0 Å². The predicted molar refractivity (Wildman–Crippen MR) is 65.5 cm³/mol. The fraction of sp³-hybridized carbons (Fsp3) is 0.583. The lowest BCUT2D eigenvalue weighted by molar-refractivity contribution is 0.0568. The Balaban J connectivity index is 2.02. The van der Waals surface area contributed by atoms with Crippen LogP contribution in [0.1, 0.15) is 5.69 Å². The van der Waals surface area contributed by atoms with E-state index in [-0.39, 0.29) is 18.6 Å². The van der Waals surface area contributed by atoms with E-state index >= 15 is 0 Å². The highest BCUT2D eigenvalue weighted by molar-refractivity contribution is 6.30. The van der Waals surface area contributed by atoms with Crippen molar-refractivity contribution in [3.63, 3.8) is 0 Å². The molecule has 0 aliphatic carbocycles. The van der Waals surface area contributed by atoms with Gasteiger partial charge in [-0.3, -0.25) is 4.98 Å². The highest BCUT2D eigenvalue weighted by Gasteiger charge is 2.36. The van der Waals surface area contributed by atoms with Gasteiger partial charge in [0.2, 0.25) is 0 Å². The second-order valence-electron chi connectivity index (χ2n) is 4.60. The minimum Gasteiger partial charge on any atom is -0.396 e. The van der Waals surface area contributed by atoms with Crippen molar-refractivity contribution in [1.82, 2.24) is 4.98 Å². The van der Waals surface area contributed by atoms with Crippen molar-refractivity contribution in [2.75, 3.05) is 31.3 Å². The number of aliphatic hydroxyl groups excluding tert-OH is 1. The lowest BCUT2D eigenvalue weighted by Crippen LogP contribution is -2.54. The summed E-state index contributed by atoms with van der Waals surface area (Å²) in [5.74, 6) is 0.205. The van der Waals surface area contributed by atoms with E-state index in [4.69, 9.17) is 16.3 Å². The van der Waals surface area contributed by atoms with Crippen LogP contribution in [0.15, 0.2) is 12.3 Å². The summed E-state index contributed by atoms with van der Waals surface area (Å²) in [4.78, 5) is 6.66. The number of fused-ring (bicyclic) bond motifs is 3. The smallest absolute Gasteiger partial charge is 0.0674 e. The minimum atomic E-state index is 0.175. The standard InChI is InChI=1S/C12H15ClN2O2/c13-9-4-11-10(14-5-9)3-8(6-16)12-7-17-2-1-15(11)12/h4-5,8,12,16H,1-3,6-7H2/t8-,12-/m1/s1. The maximum Gasteiger partial charge on any atom is 0.0674 e. The number of hydrogen-bond donors (Lipinski definition) is 1. The normalized spacial score (nSPS) is 27.5. The summed E-state index contributed by atoms with van der Waals surface area (Å²) in [7, 11) is 0. The molecule has 2 atom stereocenters. The fourth-order valence-corrected chi connectivity index (χ4v) is 2.90. The zero-order valence-corrected chi connectivity index (χ0v) is 10.2. The Morgan fingerprint density at radius 2 is 2.47 bits per heavy atom. The van der Waals surface area contributed by atoms with Crippen molar-refractivity contribution in [2.45, 2.75) is 12.5 Å². The Hall–Kier alpha value is -0.840. The molecule has 1 saturated heterocycles. The van der Waals surface area contributed by atoms with Gasteiger partial charge in [0.1, 0.15) is 0 Å². The zero-order valence-electron chi connectivity index (χ0n) is 9.47. The van der Waals surface area contributed by atoms with E-state index in [0.29, 0.717) is 11.6 Å². The van der Waals surface area contributed by atoms with Crippen molar-refractivity contribution in [1.29, 1.82) is 0 Å². The molecule has 4 nitrogen and oxygen atoms in total. The van der Waals surface area contributed by atoms with E-state index in [1.165, 1.54) is 0 Å². The maximum atomic E-state index is 9.47. The van der Waals surface area contributed by atoms with Gasteiger partial charge >= 0.3 is 0 Å². The van der Waals surface area contributed by atoms with Gasteiger partial charge in [-0.05, 0) is 12.5 Å². The van der Waals surface area contributed by atoms with Gasteiger partial charge in [0.05, 0.1) is 35.7 Å². The third-order valence-electron chi connectivity index (χ3n) is 3.62. The lowest BCUT2D eigenvalue weighted by atomic mass is 9.88. The van der Waals surface area contributed by atoms with Crippen LogP contribution in [0.2, 0.25) is 5.02 Å². The van der Waals surface area contributed by atoms with E-state index in [9.17, 15) is 5.11 Å². The molecule has 0 radical (unpaired) electrons. The fourth-order valence-electron chi connectivity index (χ4n) is 2.75. The first-order chi connectivity index (χ1) is 8.29. The summed E-state index contributed by atoms with van der Waals surface area (Å²) in [5.41, 5.74) is 2.14. The summed E-state index contributed by atoms with van der Waals surface area (Å²) in [6.07, 6.45) is 2.48. The van der Waals surface area contributed by atoms with E-state index in [0.717, 1.165) is 31.0 Å². The van der Waals surface area contributed by atoms with Crippen molar-refractivity contribution < 1.29 is 9.84 Å². The molecule has 0 spiro atoms. The molecular weight excluding hydrogens is 240 g/mol. The Bertz CT molecular complexity index is 427. The highest BCUT2D eigenvalue weighted by Crippen LogP contribution is 2.35. The van der Waals surface area contributed by atoms with E-state index in [2.05, 4.69) is 9.88 Å². The Labute approximate surface area is 105 Å². The monoisotopic (exact) mass is 254 g/mol. The molecular formula is C12H15ClN2O2. The molecule has 1 N–H and O–H groups in total. The third-order valence-corrected chi connectivity index (χ3v) is 3.83. The summed E-state index contributed by atoms with van der Waals surface area (Å²) >= 11 is 6.01. The number of aliphatic hydroxyl groups is 1. The average Bonchev–Trinajstić information content (AvgIpc) is 2.38. The number of rotatable bonds is 1. The van der Waals surface area contributed by atoms with Crippen LogP contribution in [-0.4, -0.2) is 42.5 Å². The molecule has 1 aromatic heterocycles. The Morgan fingerprint density at radius 1 is 1.59 bits per heavy atom. The van der Waals surface area contributed by atoms with Gasteiger partial charge < -0.3 is 14.7 Å². The summed E-state index contributed by atoms with van der Waals surface area (Å²) in [5, 5.41) is 10.1. The molecule has 2 aliphatic rings. The molecule has 0 amide bonds. The Morgan fingerprint density at radius 3 is 3.29 bits per heavy atom. The molecule has 2 aliphatic heterocycles. The lowest BCUT2D eigenvalue weighted by Gasteiger charge is -2.45. The SMILES string of the molecule is OC[C@H]1Cc2ncc(Cl)cc2N2CCOC[C@H]12. The van der Waals surface area contributed by atoms with Crippen LogP contribution in [0.5, 0.6) is 0 Å². The van der Waals surface area contributed by atoms with Crippen molar-refractivity contribution in [2.24, 2.45) is 5.92 Å². The number of hydrogen-bond acceptors (Lipinski definition) is 4. The summed E-state index contributed by atoms with van der Waals surface area (Å²) in [6.45, 7) is 2.42. The second-order valence-corrected chi connectivity index (χ2v) is 5.04. The van der Waals surface area contributed by atoms with Gasteiger partial charge in [-0.2, -0.15) is 0 Å². The molecule has 17 heavy (non-hydrogen) atoms. The first kappa shape index (κ1) is 11.3. The van der Waals surface area contributed by atoms with Gasteiger partial charge in [0.25, 0.3) is 0 Å². The van der Waals surface area contributed by atoms with Crippen molar-refractivity contribution >= 4 is 17.3 Å². The molecule has 3 rings (SSSR count). The molecule has 5 heteroatoms. The van der Waals surface area contributed by atoms with Gasteiger partial charge in [0, 0.05) is 25.3 Å². The Kier molecular flexibility index (Phi) is 2.94. The molecule has 3 heterocycles. The van der Waals surface area contributed by atoms with Crippen LogP contribution < -0.4 is 4.90 Å². The summed E-state index contributed by atoms with van der Waals surface area (Å²) in [6, 6.07) is 2.22. The number of aromatic nitrogens is 1. The highest BCUT2D eigenvalue weighted by atomic mass is 35.5. The molecule has 0 bridgehead atoms. The van der Waals surface area contributed by atoms with Gasteiger partial charge in [-0.1, -0.05) is 11.6 Å². The number of pyridine rings is 1. The van der Waals surface area contributed by atoms with Crippen LogP contribution in [0, 0.1) is 5.92 Å². The number of nitrogens with zero attached hydrogens (tertiary/aromatic N) is 2. The third kappa shape index (κ3) is 1.90. The van der Waals surface area contributed by atoms with Gasteiger partial charge in [-0.15, -0.1) is 0 Å². The molecule has 0 saturated carbocycles. The molecule has 1 fully saturated rings. The van der Waals surface area contributed by atoms with E-state index < -0.39 is 0 Å². The average molecular weight is 255 g/mol. The molecule has 0 unspecified atom stereocenters. The van der Waals surface area contributed by atoms with Gasteiger partial charge in [-0.25, -0.2) is 0 Å². The topological polar surface area (TPSA) is 45.6 Å². The molecule has 0 aromatic carbocycles. The summed E-state index contributed by atoms with van der Waals surface area (Å²) < 4.78 is 5.51. The molecule has 1 aromatic rings. The zero-order chi connectivity index (χ0) is 11.8. The minimum absolute atomic E-state index is 0.175. The van der Waals surface area contributed by atoms with E-state index in [1.54, 1.807) is 6.20 Å². The molecule has 92 valence electrons. The quantitative estimate of drug-likeness (QED) is 0.816. The van der Waals surface area contributed by atoms with Crippen LogP contribution in [-0.2, 0) is 11.2 Å². The van der Waals surface area contributed by atoms with Crippen LogP contribution in [0.3, 0.4) is 0 Å². The number of halogens is 1. The maximum absolute atomic E-state index is 9.47. The van der Waals surface area contributed by atoms with Crippen molar-refractivity contribution in [3.8, 4) is 0 Å². The predicted octanol–water partition coefficient (Wildman–Crippen LogP) is 1.10. The first-order valence-electron chi connectivity index (χ1n) is 5.89. The number of ether oxygens (including phenoxy) is 1. The largest absolute Gasteiger partial charge is 0.396 e. The number of anilines is 1. The van der Waals surface area contributed by atoms with Crippen molar-refractivity contribution in [3.05, 3.63) is 23.0 Å². The number of morpholine rings is 1.